The van der Waals surface area contributed by atoms with E-state index in [1.54, 1.807) is 18.4 Å². The molecule has 0 aliphatic carbocycles. The van der Waals surface area contributed by atoms with Crippen molar-refractivity contribution in [1.82, 2.24) is 4.98 Å². The summed E-state index contributed by atoms with van der Waals surface area (Å²) in [6, 6.07) is 14.8. The molecular formula is C21H20N2OS. The number of methoxy groups -OCH3 is 1. The second-order valence-electron chi connectivity index (χ2n) is 6.25. The first kappa shape index (κ1) is 16.1. The fourth-order valence-electron chi connectivity index (χ4n) is 3.28. The Labute approximate surface area is 151 Å². The molecule has 25 heavy (non-hydrogen) atoms. The van der Waals surface area contributed by atoms with Crippen molar-refractivity contribution in [3.05, 3.63) is 59.6 Å². The molecule has 0 spiro atoms. The van der Waals surface area contributed by atoms with Gasteiger partial charge in [-0.3, -0.25) is 4.98 Å². The number of hydrogen-bond acceptors (Lipinski definition) is 4. The number of ether oxygens (including phenoxy) is 1. The van der Waals surface area contributed by atoms with Gasteiger partial charge in [0.2, 0.25) is 0 Å². The smallest absolute Gasteiger partial charge is 0.127 e. The average Bonchev–Trinajstić information content (AvgIpc) is 3.15. The van der Waals surface area contributed by atoms with Crippen LogP contribution < -0.4 is 10.5 Å². The summed E-state index contributed by atoms with van der Waals surface area (Å²) in [5.74, 6) is 1.22. The molecule has 126 valence electrons. The lowest BCUT2D eigenvalue weighted by Gasteiger charge is -2.14. The molecule has 0 saturated carbocycles. The number of thiophene rings is 1. The van der Waals surface area contributed by atoms with Crippen LogP contribution in [0.25, 0.3) is 32.1 Å². The average molecular weight is 348 g/mol. The van der Waals surface area contributed by atoms with E-state index in [-0.39, 0.29) is 0 Å². The van der Waals surface area contributed by atoms with Crippen molar-refractivity contribution in [2.75, 3.05) is 13.7 Å². The number of nitrogens with zero attached hydrogens (tertiary/aromatic N) is 1. The van der Waals surface area contributed by atoms with Gasteiger partial charge in [0, 0.05) is 22.5 Å². The van der Waals surface area contributed by atoms with Crippen LogP contribution >= 0.6 is 11.3 Å². The summed E-state index contributed by atoms with van der Waals surface area (Å²) in [6.45, 7) is 2.79. The summed E-state index contributed by atoms with van der Waals surface area (Å²) in [6.07, 6.45) is 1.95. The Morgan fingerprint density at radius 1 is 1.12 bits per heavy atom. The highest BCUT2D eigenvalue weighted by Gasteiger charge is 2.15. The first-order chi connectivity index (χ1) is 12.2. The van der Waals surface area contributed by atoms with Crippen molar-refractivity contribution >= 4 is 32.3 Å². The van der Waals surface area contributed by atoms with Crippen LogP contribution in [0.5, 0.6) is 5.75 Å². The maximum absolute atomic E-state index is 5.80. The molecule has 0 bridgehead atoms. The molecule has 2 heterocycles. The first-order valence-electron chi connectivity index (χ1n) is 8.36. The number of aromatic nitrogens is 1. The molecule has 0 radical (unpaired) electrons. The number of rotatable bonds is 4. The third kappa shape index (κ3) is 2.68. The van der Waals surface area contributed by atoms with E-state index in [2.05, 4.69) is 47.6 Å². The van der Waals surface area contributed by atoms with Crippen LogP contribution in [-0.2, 0) is 0 Å². The van der Waals surface area contributed by atoms with Crippen LogP contribution in [0.1, 0.15) is 18.4 Å². The summed E-state index contributed by atoms with van der Waals surface area (Å²) in [7, 11) is 1.72. The lowest BCUT2D eigenvalue weighted by atomic mass is 9.94. The first-order valence-corrected chi connectivity index (χ1v) is 9.24. The third-order valence-corrected chi connectivity index (χ3v) is 5.62. The standard InChI is InChI=1S/C21H20N2OS/c1-13(11-22)14-3-5-15(6-4-14)20-18(24-2)8-7-17-21(20)16-9-10-25-19(16)12-23-17/h3-10,12-13H,11,22H2,1-2H3/t13-/m1/s1. The number of fused-ring (bicyclic) bond motifs is 3. The summed E-state index contributed by atoms with van der Waals surface area (Å²) >= 11 is 1.71. The molecule has 4 aromatic rings. The normalized spacial score (nSPS) is 12.6. The van der Waals surface area contributed by atoms with Crippen molar-refractivity contribution < 1.29 is 4.74 Å². The minimum Gasteiger partial charge on any atom is -0.496 e. The van der Waals surface area contributed by atoms with Gasteiger partial charge in [-0.05, 0) is 47.2 Å². The van der Waals surface area contributed by atoms with Crippen LogP contribution in [0, 0.1) is 0 Å². The minimum absolute atomic E-state index is 0.355. The summed E-state index contributed by atoms with van der Waals surface area (Å²) in [5, 5.41) is 4.49. The highest BCUT2D eigenvalue weighted by molar-refractivity contribution is 7.17. The number of nitrogens with two attached hydrogens (primary N) is 1. The Hall–Kier alpha value is -2.43. The van der Waals surface area contributed by atoms with Crippen molar-refractivity contribution in [3.63, 3.8) is 0 Å². The Bertz CT molecular complexity index is 1040. The van der Waals surface area contributed by atoms with Crippen LogP contribution in [-0.4, -0.2) is 18.6 Å². The molecule has 1 atom stereocenters. The molecule has 0 amide bonds. The van der Waals surface area contributed by atoms with E-state index < -0.39 is 0 Å². The Morgan fingerprint density at radius 3 is 2.64 bits per heavy atom. The van der Waals surface area contributed by atoms with Crippen molar-refractivity contribution in [2.24, 2.45) is 5.73 Å². The van der Waals surface area contributed by atoms with E-state index in [1.165, 1.54) is 15.6 Å². The highest BCUT2D eigenvalue weighted by Crippen LogP contribution is 2.41. The molecule has 0 aliphatic rings. The number of hydrogen-bond donors (Lipinski definition) is 1. The van der Waals surface area contributed by atoms with Crippen LogP contribution in [0.4, 0.5) is 0 Å². The van der Waals surface area contributed by atoms with E-state index >= 15 is 0 Å². The predicted molar refractivity (Wildman–Crippen MR) is 107 cm³/mol. The van der Waals surface area contributed by atoms with Gasteiger partial charge in [-0.25, -0.2) is 0 Å². The van der Waals surface area contributed by atoms with E-state index in [1.807, 2.05) is 18.3 Å². The SMILES string of the molecule is COc1ccc2ncc3sccc3c2c1-c1ccc([C@H](C)CN)cc1. The zero-order valence-electron chi connectivity index (χ0n) is 14.3. The van der Waals surface area contributed by atoms with Gasteiger partial charge >= 0.3 is 0 Å². The summed E-state index contributed by atoms with van der Waals surface area (Å²) in [4.78, 5) is 4.64. The van der Waals surface area contributed by atoms with Crippen molar-refractivity contribution in [3.8, 4) is 16.9 Å². The van der Waals surface area contributed by atoms with Gasteiger partial charge in [-0.1, -0.05) is 31.2 Å². The van der Waals surface area contributed by atoms with Gasteiger partial charge < -0.3 is 10.5 Å². The fraction of sp³-hybridized carbons (Fsp3) is 0.190. The van der Waals surface area contributed by atoms with Crippen molar-refractivity contribution in [2.45, 2.75) is 12.8 Å². The molecule has 2 N–H and O–H groups in total. The Kier molecular flexibility index (Phi) is 4.15. The lowest BCUT2D eigenvalue weighted by molar-refractivity contribution is 0.417. The Balaban J connectivity index is 2.00. The topological polar surface area (TPSA) is 48.1 Å². The minimum atomic E-state index is 0.355. The zero-order valence-corrected chi connectivity index (χ0v) is 15.1. The van der Waals surface area contributed by atoms with E-state index in [0.29, 0.717) is 12.5 Å². The maximum atomic E-state index is 5.80. The lowest BCUT2D eigenvalue weighted by Crippen LogP contribution is -2.08. The van der Waals surface area contributed by atoms with Gasteiger partial charge in [0.05, 0.1) is 17.3 Å². The largest absolute Gasteiger partial charge is 0.496 e. The second kappa shape index (κ2) is 6.47. The van der Waals surface area contributed by atoms with E-state index in [0.717, 1.165) is 27.8 Å². The molecule has 2 aromatic carbocycles. The summed E-state index contributed by atoms with van der Waals surface area (Å²) in [5.41, 5.74) is 10.3. The third-order valence-electron chi connectivity index (χ3n) is 4.77. The van der Waals surface area contributed by atoms with E-state index in [9.17, 15) is 0 Å². The molecular weight excluding hydrogens is 328 g/mol. The molecule has 3 nitrogen and oxygen atoms in total. The quantitative estimate of drug-likeness (QED) is 0.552. The van der Waals surface area contributed by atoms with Gasteiger partial charge in [0.1, 0.15) is 5.75 Å². The molecule has 4 rings (SSSR count). The van der Waals surface area contributed by atoms with Gasteiger partial charge in [0.15, 0.2) is 0 Å². The Morgan fingerprint density at radius 2 is 1.92 bits per heavy atom. The highest BCUT2D eigenvalue weighted by atomic mass is 32.1. The van der Waals surface area contributed by atoms with Crippen molar-refractivity contribution in [1.29, 1.82) is 0 Å². The molecule has 0 unspecified atom stereocenters. The van der Waals surface area contributed by atoms with Gasteiger partial charge in [-0.2, -0.15) is 0 Å². The zero-order chi connectivity index (χ0) is 17.4. The molecule has 0 saturated heterocycles. The predicted octanol–water partition coefficient (Wildman–Crippen LogP) is 5.19. The van der Waals surface area contributed by atoms with Crippen LogP contribution in [0.15, 0.2) is 54.0 Å². The molecule has 2 aromatic heterocycles. The van der Waals surface area contributed by atoms with E-state index in [4.69, 9.17) is 10.5 Å². The maximum Gasteiger partial charge on any atom is 0.127 e. The monoisotopic (exact) mass is 348 g/mol. The van der Waals surface area contributed by atoms with Gasteiger partial charge in [-0.15, -0.1) is 11.3 Å². The number of pyridine rings is 1. The molecule has 0 aliphatic heterocycles. The number of benzene rings is 2. The van der Waals surface area contributed by atoms with Gasteiger partial charge in [0.25, 0.3) is 0 Å². The van der Waals surface area contributed by atoms with Crippen LogP contribution in [0.2, 0.25) is 0 Å². The summed E-state index contributed by atoms with van der Waals surface area (Å²) < 4.78 is 6.88. The molecule has 4 heteroatoms. The second-order valence-corrected chi connectivity index (χ2v) is 7.20. The fourth-order valence-corrected chi connectivity index (χ4v) is 4.04. The van der Waals surface area contributed by atoms with Crippen LogP contribution in [0.3, 0.4) is 0 Å². The molecule has 0 fully saturated rings.